The van der Waals surface area contributed by atoms with Crippen LogP contribution in [0.25, 0.3) is 0 Å². The maximum atomic E-state index is 12.6. The fourth-order valence-electron chi connectivity index (χ4n) is 1.42. The fourth-order valence-corrected chi connectivity index (χ4v) is 1.42. The molecule has 0 atom stereocenters. The molecule has 5 heteroatoms. The summed E-state index contributed by atoms with van der Waals surface area (Å²) in [6.07, 6.45) is -2.54. The van der Waals surface area contributed by atoms with Crippen LogP contribution in [-0.4, -0.2) is 5.84 Å². The highest BCUT2D eigenvalue weighted by Crippen LogP contribution is 2.37. The predicted octanol–water partition coefficient (Wildman–Crippen LogP) is 3.10. The average molecular weight is 228 g/mol. The smallest absolute Gasteiger partial charge is 0.387 e. The number of aliphatic imine (C=N–C) groups is 1. The molecule has 1 saturated carbocycles. The van der Waals surface area contributed by atoms with Gasteiger partial charge in [0, 0.05) is 5.92 Å². The number of hydrogen-bond donors (Lipinski definition) is 1. The van der Waals surface area contributed by atoms with E-state index >= 15 is 0 Å². The van der Waals surface area contributed by atoms with Crippen molar-refractivity contribution in [2.75, 3.05) is 0 Å². The standard InChI is InChI=1S/C11H11F3N2/c12-11(13,14)8-3-1-2-4-9(8)16-10(15)7-5-6-7/h1-4,7H,5-6H2,(H2,15,16). The molecule has 0 heterocycles. The van der Waals surface area contributed by atoms with Gasteiger partial charge in [0.15, 0.2) is 0 Å². The second-order valence-electron chi connectivity index (χ2n) is 3.83. The van der Waals surface area contributed by atoms with E-state index in [0.29, 0.717) is 5.84 Å². The zero-order valence-electron chi connectivity index (χ0n) is 8.46. The minimum atomic E-state index is -4.38. The van der Waals surface area contributed by atoms with Gasteiger partial charge in [0.1, 0.15) is 5.84 Å². The number of halogens is 3. The van der Waals surface area contributed by atoms with Crippen molar-refractivity contribution >= 4 is 11.5 Å². The Kier molecular flexibility index (Phi) is 2.61. The van der Waals surface area contributed by atoms with Crippen molar-refractivity contribution in [1.82, 2.24) is 0 Å². The second-order valence-corrected chi connectivity index (χ2v) is 3.83. The molecule has 0 bridgehead atoms. The second kappa shape index (κ2) is 3.81. The SMILES string of the molecule is NC(=Nc1ccccc1C(F)(F)F)C1CC1. The van der Waals surface area contributed by atoms with E-state index in [4.69, 9.17) is 5.73 Å². The van der Waals surface area contributed by atoms with Crippen LogP contribution in [0.3, 0.4) is 0 Å². The summed E-state index contributed by atoms with van der Waals surface area (Å²) in [4.78, 5) is 3.86. The summed E-state index contributed by atoms with van der Waals surface area (Å²) < 4.78 is 37.8. The first kappa shape index (κ1) is 11.0. The molecule has 86 valence electrons. The molecule has 0 amide bonds. The van der Waals surface area contributed by atoms with Gasteiger partial charge in [0.25, 0.3) is 0 Å². The normalized spacial score (nSPS) is 17.6. The molecule has 2 rings (SSSR count). The van der Waals surface area contributed by atoms with Crippen LogP contribution in [0.1, 0.15) is 18.4 Å². The Bertz CT molecular complexity index is 419. The quantitative estimate of drug-likeness (QED) is 0.613. The summed E-state index contributed by atoms with van der Waals surface area (Å²) in [5, 5.41) is 0. The summed E-state index contributed by atoms with van der Waals surface area (Å²) in [5.74, 6) is 0.470. The Morgan fingerprint density at radius 1 is 1.25 bits per heavy atom. The van der Waals surface area contributed by atoms with Crippen molar-refractivity contribution < 1.29 is 13.2 Å². The van der Waals surface area contributed by atoms with E-state index in [1.54, 1.807) is 0 Å². The lowest BCUT2D eigenvalue weighted by molar-refractivity contribution is -0.137. The van der Waals surface area contributed by atoms with Crippen LogP contribution in [0.5, 0.6) is 0 Å². The maximum absolute atomic E-state index is 12.6. The van der Waals surface area contributed by atoms with E-state index in [9.17, 15) is 13.2 Å². The highest BCUT2D eigenvalue weighted by molar-refractivity contribution is 5.87. The van der Waals surface area contributed by atoms with Gasteiger partial charge in [-0.05, 0) is 25.0 Å². The molecule has 1 aliphatic rings. The molecule has 2 N–H and O–H groups in total. The van der Waals surface area contributed by atoms with Crippen LogP contribution in [-0.2, 0) is 6.18 Å². The molecular formula is C11H11F3N2. The first-order valence-corrected chi connectivity index (χ1v) is 4.99. The van der Waals surface area contributed by atoms with E-state index in [-0.39, 0.29) is 11.6 Å². The van der Waals surface area contributed by atoms with Gasteiger partial charge in [0.2, 0.25) is 0 Å². The van der Waals surface area contributed by atoms with Gasteiger partial charge in [-0.15, -0.1) is 0 Å². The van der Waals surface area contributed by atoms with Gasteiger partial charge >= 0.3 is 6.18 Å². The third kappa shape index (κ3) is 2.35. The number of nitrogens with two attached hydrogens (primary N) is 1. The summed E-state index contributed by atoms with van der Waals surface area (Å²) in [7, 11) is 0. The van der Waals surface area contributed by atoms with Gasteiger partial charge in [-0.25, -0.2) is 4.99 Å². The van der Waals surface area contributed by atoms with Gasteiger partial charge in [-0.1, -0.05) is 12.1 Å². The van der Waals surface area contributed by atoms with Gasteiger partial charge in [-0.2, -0.15) is 13.2 Å². The molecule has 1 fully saturated rings. The Hall–Kier alpha value is -1.52. The topological polar surface area (TPSA) is 38.4 Å². The van der Waals surface area contributed by atoms with Crippen molar-refractivity contribution in [3.8, 4) is 0 Å². The molecule has 0 aliphatic heterocycles. The van der Waals surface area contributed by atoms with Crippen molar-refractivity contribution in [1.29, 1.82) is 0 Å². The number of rotatable bonds is 2. The minimum Gasteiger partial charge on any atom is -0.387 e. The molecule has 1 aromatic carbocycles. The van der Waals surface area contributed by atoms with Crippen LogP contribution >= 0.6 is 0 Å². The Labute approximate surface area is 91.0 Å². The lowest BCUT2D eigenvalue weighted by atomic mass is 10.1. The number of nitrogens with zero attached hydrogens (tertiary/aromatic N) is 1. The molecule has 16 heavy (non-hydrogen) atoms. The zero-order chi connectivity index (χ0) is 11.8. The number of benzene rings is 1. The first-order chi connectivity index (χ1) is 7.48. The summed E-state index contributed by atoms with van der Waals surface area (Å²) >= 11 is 0. The molecule has 0 radical (unpaired) electrons. The third-order valence-electron chi connectivity index (χ3n) is 2.45. The number of amidine groups is 1. The molecule has 0 saturated heterocycles. The van der Waals surface area contributed by atoms with Crippen LogP contribution in [0.4, 0.5) is 18.9 Å². The van der Waals surface area contributed by atoms with Gasteiger partial charge < -0.3 is 5.73 Å². The van der Waals surface area contributed by atoms with Crippen LogP contribution in [0.2, 0.25) is 0 Å². The van der Waals surface area contributed by atoms with Gasteiger partial charge in [-0.3, -0.25) is 0 Å². The largest absolute Gasteiger partial charge is 0.418 e. The highest BCUT2D eigenvalue weighted by atomic mass is 19.4. The predicted molar refractivity (Wildman–Crippen MR) is 55.5 cm³/mol. The van der Waals surface area contributed by atoms with Crippen molar-refractivity contribution in [2.24, 2.45) is 16.6 Å². The lowest BCUT2D eigenvalue weighted by Gasteiger charge is -2.09. The molecule has 2 nitrogen and oxygen atoms in total. The fraction of sp³-hybridized carbons (Fsp3) is 0.364. The van der Waals surface area contributed by atoms with E-state index in [2.05, 4.69) is 4.99 Å². The molecular weight excluding hydrogens is 217 g/mol. The third-order valence-corrected chi connectivity index (χ3v) is 2.45. The lowest BCUT2D eigenvalue weighted by Crippen LogP contribution is -2.14. The van der Waals surface area contributed by atoms with E-state index < -0.39 is 11.7 Å². The molecule has 0 aromatic heterocycles. The van der Waals surface area contributed by atoms with Crippen LogP contribution in [0, 0.1) is 5.92 Å². The van der Waals surface area contributed by atoms with Crippen LogP contribution < -0.4 is 5.73 Å². The monoisotopic (exact) mass is 228 g/mol. The summed E-state index contributed by atoms with van der Waals surface area (Å²) in [5.41, 5.74) is 4.77. The maximum Gasteiger partial charge on any atom is 0.418 e. The molecule has 1 aliphatic carbocycles. The zero-order valence-corrected chi connectivity index (χ0v) is 8.46. The van der Waals surface area contributed by atoms with Crippen molar-refractivity contribution in [3.05, 3.63) is 29.8 Å². The Morgan fingerprint density at radius 2 is 1.88 bits per heavy atom. The molecule has 0 unspecified atom stereocenters. The Morgan fingerprint density at radius 3 is 2.44 bits per heavy atom. The van der Waals surface area contributed by atoms with E-state index in [1.165, 1.54) is 18.2 Å². The number of para-hydroxylation sites is 1. The number of alkyl halides is 3. The summed E-state index contributed by atoms with van der Waals surface area (Å²) in [6, 6.07) is 5.21. The number of hydrogen-bond acceptors (Lipinski definition) is 1. The van der Waals surface area contributed by atoms with Crippen LogP contribution in [0.15, 0.2) is 29.3 Å². The van der Waals surface area contributed by atoms with Gasteiger partial charge in [0.05, 0.1) is 11.3 Å². The van der Waals surface area contributed by atoms with Crippen molar-refractivity contribution in [2.45, 2.75) is 19.0 Å². The first-order valence-electron chi connectivity index (χ1n) is 4.99. The van der Waals surface area contributed by atoms with E-state index in [0.717, 1.165) is 18.9 Å². The average Bonchev–Trinajstić information content (AvgIpc) is 2.99. The molecule has 1 aromatic rings. The molecule has 0 spiro atoms. The highest BCUT2D eigenvalue weighted by Gasteiger charge is 2.34. The Balaban J connectivity index is 2.36. The van der Waals surface area contributed by atoms with E-state index in [1.807, 2.05) is 0 Å². The summed E-state index contributed by atoms with van der Waals surface area (Å²) in [6.45, 7) is 0. The minimum absolute atomic E-state index is 0.0978. The van der Waals surface area contributed by atoms with Crippen molar-refractivity contribution in [3.63, 3.8) is 0 Å².